The van der Waals surface area contributed by atoms with Crippen molar-refractivity contribution in [2.75, 3.05) is 0 Å². The number of sulfonamides is 1. The summed E-state index contributed by atoms with van der Waals surface area (Å²) in [7, 11) is -3.88. The van der Waals surface area contributed by atoms with Gasteiger partial charge in [0.05, 0.1) is 4.90 Å². The van der Waals surface area contributed by atoms with Gasteiger partial charge in [-0.2, -0.15) is 30.3 Å². The molecule has 4 nitrogen and oxygen atoms in total. The zero-order chi connectivity index (χ0) is 16.4. The van der Waals surface area contributed by atoms with Crippen molar-refractivity contribution in [3.8, 4) is 0 Å². The molecule has 2 rings (SSSR count). The maximum Gasteiger partial charge on any atom is 0.264 e. The Labute approximate surface area is 151 Å². The Kier molecular flexibility index (Phi) is 6.29. The van der Waals surface area contributed by atoms with Crippen LogP contribution in [0.4, 0.5) is 0 Å². The molecule has 2 aromatic rings. The van der Waals surface area contributed by atoms with Gasteiger partial charge in [0, 0.05) is 25.8 Å². The standard InChI is InChI=1S/C17H18NO3S.Pd/c1-13-9-11-15(12-10-13)22(20,21)18-16(19)17(2,3)14-7-5-4-6-8-14;/h4-7,9-12H,1-3H3,(H,18,19);/q-1;. The molecule has 1 amide bonds. The van der Waals surface area contributed by atoms with Gasteiger partial charge in [-0.25, -0.2) is 13.1 Å². The van der Waals surface area contributed by atoms with Gasteiger partial charge < -0.3 is 0 Å². The van der Waals surface area contributed by atoms with Crippen LogP contribution in [-0.4, -0.2) is 14.3 Å². The third-order valence-electron chi connectivity index (χ3n) is 3.51. The fourth-order valence-electron chi connectivity index (χ4n) is 1.93. The fourth-order valence-corrected chi connectivity index (χ4v) is 3.04. The monoisotopic (exact) mass is 422 g/mol. The molecule has 0 aliphatic rings. The van der Waals surface area contributed by atoms with E-state index in [2.05, 4.69) is 10.8 Å². The number of hydrogen-bond donors (Lipinski definition) is 1. The summed E-state index contributed by atoms with van der Waals surface area (Å²) in [5.41, 5.74) is 0.579. The van der Waals surface area contributed by atoms with Crippen LogP contribution in [0.15, 0.2) is 53.4 Å². The molecular formula is C17H18NO3PdS-. The number of amides is 1. The van der Waals surface area contributed by atoms with Crippen molar-refractivity contribution in [3.63, 3.8) is 0 Å². The third kappa shape index (κ3) is 4.51. The van der Waals surface area contributed by atoms with Gasteiger partial charge in [0.15, 0.2) is 0 Å². The average molecular weight is 423 g/mol. The van der Waals surface area contributed by atoms with Gasteiger partial charge in [0.25, 0.3) is 10.0 Å². The van der Waals surface area contributed by atoms with E-state index in [1.807, 2.05) is 6.92 Å². The molecule has 0 heterocycles. The minimum absolute atomic E-state index is 0. The van der Waals surface area contributed by atoms with E-state index in [-0.39, 0.29) is 25.3 Å². The Morgan fingerprint density at radius 2 is 1.70 bits per heavy atom. The number of aryl methyl sites for hydroxylation is 1. The van der Waals surface area contributed by atoms with Gasteiger partial charge in [0.2, 0.25) is 5.91 Å². The number of nitrogens with one attached hydrogen (secondary N) is 1. The molecule has 0 saturated heterocycles. The molecule has 0 aliphatic carbocycles. The second kappa shape index (κ2) is 7.39. The molecule has 0 bridgehead atoms. The summed E-state index contributed by atoms with van der Waals surface area (Å²) in [4.78, 5) is 12.5. The molecule has 0 fully saturated rings. The largest absolute Gasteiger partial charge is 0.273 e. The van der Waals surface area contributed by atoms with E-state index in [9.17, 15) is 13.2 Å². The van der Waals surface area contributed by atoms with Gasteiger partial charge in [-0.05, 0) is 32.9 Å². The van der Waals surface area contributed by atoms with Crippen molar-refractivity contribution in [3.05, 3.63) is 65.7 Å². The maximum atomic E-state index is 12.4. The number of carbonyl (C=O) groups excluding carboxylic acids is 1. The fraction of sp³-hybridized carbons (Fsp3) is 0.235. The number of hydrogen-bond acceptors (Lipinski definition) is 3. The Balaban J connectivity index is 0.00000264. The van der Waals surface area contributed by atoms with Crippen LogP contribution >= 0.6 is 0 Å². The minimum Gasteiger partial charge on any atom is -0.273 e. The van der Waals surface area contributed by atoms with E-state index in [4.69, 9.17) is 0 Å². The van der Waals surface area contributed by atoms with Crippen molar-refractivity contribution in [1.29, 1.82) is 0 Å². The first kappa shape index (κ1) is 19.6. The second-order valence-corrected chi connectivity index (χ2v) is 7.33. The summed E-state index contributed by atoms with van der Waals surface area (Å²) in [6.45, 7) is 5.20. The summed E-state index contributed by atoms with van der Waals surface area (Å²) >= 11 is 0. The van der Waals surface area contributed by atoms with Crippen molar-refractivity contribution in [1.82, 2.24) is 4.72 Å². The van der Waals surface area contributed by atoms with E-state index in [0.717, 1.165) is 5.56 Å². The topological polar surface area (TPSA) is 63.2 Å². The maximum absolute atomic E-state index is 12.4. The molecule has 0 aromatic heterocycles. The molecular weight excluding hydrogens is 405 g/mol. The Morgan fingerprint density at radius 3 is 2.22 bits per heavy atom. The van der Waals surface area contributed by atoms with Crippen LogP contribution in [0.3, 0.4) is 0 Å². The van der Waals surface area contributed by atoms with Crippen LogP contribution in [0.2, 0.25) is 0 Å². The van der Waals surface area contributed by atoms with Crippen molar-refractivity contribution in [2.45, 2.75) is 31.1 Å². The van der Waals surface area contributed by atoms with Crippen LogP contribution < -0.4 is 4.72 Å². The molecule has 0 saturated carbocycles. The van der Waals surface area contributed by atoms with Crippen molar-refractivity contribution < 1.29 is 33.6 Å². The number of carbonyl (C=O) groups is 1. The molecule has 0 aliphatic heterocycles. The van der Waals surface area contributed by atoms with Gasteiger partial charge in [-0.3, -0.25) is 4.79 Å². The van der Waals surface area contributed by atoms with Gasteiger partial charge in [-0.1, -0.05) is 17.7 Å². The van der Waals surface area contributed by atoms with E-state index in [1.54, 1.807) is 50.2 Å². The van der Waals surface area contributed by atoms with Crippen molar-refractivity contribution in [2.24, 2.45) is 0 Å². The van der Waals surface area contributed by atoms with Gasteiger partial charge in [0.1, 0.15) is 0 Å². The molecule has 2 aromatic carbocycles. The van der Waals surface area contributed by atoms with Gasteiger partial charge >= 0.3 is 0 Å². The predicted octanol–water partition coefficient (Wildman–Crippen LogP) is 2.58. The molecule has 0 unspecified atom stereocenters. The smallest absolute Gasteiger partial charge is 0.264 e. The minimum atomic E-state index is -3.88. The van der Waals surface area contributed by atoms with Crippen LogP contribution in [-0.2, 0) is 40.7 Å². The first-order valence-corrected chi connectivity index (χ1v) is 8.33. The second-order valence-electron chi connectivity index (χ2n) is 5.65. The first-order chi connectivity index (χ1) is 10.2. The molecule has 126 valence electrons. The summed E-state index contributed by atoms with van der Waals surface area (Å²) < 4.78 is 26.7. The summed E-state index contributed by atoms with van der Waals surface area (Å²) in [5.74, 6) is -0.587. The quantitative estimate of drug-likeness (QED) is 0.608. The van der Waals surface area contributed by atoms with E-state index >= 15 is 0 Å². The van der Waals surface area contributed by atoms with Crippen LogP contribution in [0.1, 0.15) is 25.0 Å². The summed E-state index contributed by atoms with van der Waals surface area (Å²) in [5, 5.41) is 0. The summed E-state index contributed by atoms with van der Waals surface area (Å²) in [6, 6.07) is 16.3. The first-order valence-electron chi connectivity index (χ1n) is 6.84. The molecule has 6 heteroatoms. The predicted molar refractivity (Wildman–Crippen MR) is 84.8 cm³/mol. The number of benzene rings is 2. The van der Waals surface area contributed by atoms with Crippen LogP contribution in [0.5, 0.6) is 0 Å². The SMILES string of the molecule is Cc1ccc(S(=O)(=O)NC(=O)C(C)(C)c2[c-]cccc2)cc1.[Pd]. The normalized spacial score (nSPS) is 11.4. The Hall–Kier alpha value is -1.48. The molecule has 0 atom stereocenters. The Morgan fingerprint density at radius 1 is 1.09 bits per heavy atom. The van der Waals surface area contributed by atoms with E-state index in [1.165, 1.54) is 12.1 Å². The average Bonchev–Trinajstić information content (AvgIpc) is 2.48. The molecule has 1 N–H and O–H groups in total. The van der Waals surface area contributed by atoms with Crippen LogP contribution in [0, 0.1) is 13.0 Å². The van der Waals surface area contributed by atoms with Crippen molar-refractivity contribution >= 4 is 15.9 Å². The van der Waals surface area contributed by atoms with E-state index in [0.29, 0.717) is 5.56 Å². The zero-order valence-electron chi connectivity index (χ0n) is 13.1. The molecule has 0 radical (unpaired) electrons. The Bertz CT molecular complexity index is 769. The molecule has 0 spiro atoms. The summed E-state index contributed by atoms with van der Waals surface area (Å²) in [6.07, 6.45) is 0. The third-order valence-corrected chi connectivity index (χ3v) is 4.86. The van der Waals surface area contributed by atoms with Gasteiger partial charge in [-0.15, -0.1) is 5.56 Å². The number of rotatable bonds is 4. The van der Waals surface area contributed by atoms with Crippen LogP contribution in [0.25, 0.3) is 0 Å². The zero-order valence-corrected chi connectivity index (χ0v) is 15.4. The van der Waals surface area contributed by atoms with E-state index < -0.39 is 21.3 Å². The molecule has 23 heavy (non-hydrogen) atoms.